The van der Waals surface area contributed by atoms with Crippen LogP contribution in [0.5, 0.6) is 0 Å². The first-order valence-corrected chi connectivity index (χ1v) is 11.3. The maximum absolute atomic E-state index is 12.0. The van der Waals surface area contributed by atoms with E-state index in [-0.39, 0.29) is 18.1 Å². The summed E-state index contributed by atoms with van der Waals surface area (Å²) in [4.78, 5) is 28.0. The number of amides is 2. The second-order valence-electron chi connectivity index (χ2n) is 8.08. The fourth-order valence-electron chi connectivity index (χ4n) is 4.64. The summed E-state index contributed by atoms with van der Waals surface area (Å²) >= 11 is 3.44. The fourth-order valence-corrected chi connectivity index (χ4v) is 4.87. The number of pyridine rings is 1. The molecular weight excluding hydrogens is 466 g/mol. The van der Waals surface area contributed by atoms with Crippen LogP contribution in [-0.4, -0.2) is 42.3 Å². The van der Waals surface area contributed by atoms with E-state index >= 15 is 0 Å². The van der Waals surface area contributed by atoms with Crippen LogP contribution in [-0.2, 0) is 11.3 Å². The second kappa shape index (κ2) is 9.78. The zero-order valence-electron chi connectivity index (χ0n) is 17.3. The molecule has 2 aromatic heterocycles. The molecule has 2 fully saturated rings. The first-order valence-electron chi connectivity index (χ1n) is 10.5. The molecule has 0 aromatic carbocycles. The third kappa shape index (κ3) is 5.24. The number of fused-ring (bicyclic) bond motifs is 1. The van der Waals surface area contributed by atoms with Crippen molar-refractivity contribution < 1.29 is 18.8 Å². The minimum Gasteiger partial charge on any atom is -0.450 e. The average molecular weight is 492 g/mol. The lowest BCUT2D eigenvalue weighted by Gasteiger charge is -2.19. The standard InChI is InChI=1S/C21H26BrN5O4/c1-23-20(28)18-8-15(31-27-18)11-26-21(29)30-5-4-12-6-13-9-25-19(16(13)7-12)17-3-2-14(22)10-24-17/h2-3,8,10,12-13,16,19,25H,4-7,9,11H2,1H3,(H,23,28)(H,26,29)/t12-,13+,16-,19-/m1/s1. The van der Waals surface area contributed by atoms with Gasteiger partial charge in [-0.2, -0.15) is 0 Å². The highest BCUT2D eigenvalue weighted by Gasteiger charge is 2.44. The lowest BCUT2D eigenvalue weighted by molar-refractivity contribution is 0.0953. The number of alkyl carbamates (subject to hydrolysis) is 1. The van der Waals surface area contributed by atoms with Crippen molar-refractivity contribution >= 4 is 27.9 Å². The van der Waals surface area contributed by atoms with Crippen molar-refractivity contribution in [1.29, 1.82) is 0 Å². The van der Waals surface area contributed by atoms with E-state index in [9.17, 15) is 9.59 Å². The summed E-state index contributed by atoms with van der Waals surface area (Å²) in [7, 11) is 1.51. The molecule has 2 aromatic rings. The van der Waals surface area contributed by atoms with Crippen molar-refractivity contribution in [3.8, 4) is 0 Å². The molecule has 3 N–H and O–H groups in total. The van der Waals surface area contributed by atoms with E-state index < -0.39 is 6.09 Å². The molecule has 0 spiro atoms. The molecule has 1 saturated carbocycles. The van der Waals surface area contributed by atoms with Gasteiger partial charge < -0.3 is 25.2 Å². The van der Waals surface area contributed by atoms with Gasteiger partial charge in [0.05, 0.1) is 24.9 Å². The van der Waals surface area contributed by atoms with Crippen molar-refractivity contribution in [3.05, 3.63) is 46.0 Å². The van der Waals surface area contributed by atoms with Crippen molar-refractivity contribution in [1.82, 2.24) is 26.1 Å². The average Bonchev–Trinajstić information content (AvgIpc) is 3.48. The predicted octanol–water partition coefficient (Wildman–Crippen LogP) is 2.79. The Morgan fingerprint density at radius 2 is 2.23 bits per heavy atom. The predicted molar refractivity (Wildman–Crippen MR) is 115 cm³/mol. The molecule has 1 aliphatic carbocycles. The molecule has 4 rings (SSSR count). The normalized spacial score (nSPS) is 24.6. The Morgan fingerprint density at radius 1 is 1.35 bits per heavy atom. The van der Waals surface area contributed by atoms with Crippen LogP contribution >= 0.6 is 15.9 Å². The van der Waals surface area contributed by atoms with Crippen molar-refractivity contribution in [2.24, 2.45) is 17.8 Å². The molecule has 31 heavy (non-hydrogen) atoms. The largest absolute Gasteiger partial charge is 0.450 e. The SMILES string of the molecule is CNC(=O)c1cc(CNC(=O)OCC[C@@H]2C[C@H]3CN[C@@H](c4ccc(Br)cn4)[C@@H]3C2)on1. The Hall–Kier alpha value is -2.46. The number of hydrogen-bond acceptors (Lipinski definition) is 7. The van der Waals surface area contributed by atoms with Crippen LogP contribution in [0, 0.1) is 17.8 Å². The van der Waals surface area contributed by atoms with Crippen molar-refractivity contribution in [2.75, 3.05) is 20.2 Å². The molecule has 10 heteroatoms. The maximum atomic E-state index is 12.0. The van der Waals surface area contributed by atoms with Gasteiger partial charge in [0.25, 0.3) is 5.91 Å². The van der Waals surface area contributed by atoms with E-state index in [4.69, 9.17) is 9.26 Å². The Bertz CT molecular complexity index is 919. The summed E-state index contributed by atoms with van der Waals surface area (Å²) in [5.41, 5.74) is 1.27. The van der Waals surface area contributed by atoms with Crippen LogP contribution in [0.3, 0.4) is 0 Å². The molecule has 1 aliphatic heterocycles. The zero-order chi connectivity index (χ0) is 21.8. The van der Waals surface area contributed by atoms with Gasteiger partial charge in [-0.15, -0.1) is 0 Å². The van der Waals surface area contributed by atoms with E-state index in [2.05, 4.69) is 48.1 Å². The van der Waals surface area contributed by atoms with Crippen molar-refractivity contribution in [2.45, 2.75) is 31.8 Å². The molecule has 0 unspecified atom stereocenters. The van der Waals surface area contributed by atoms with Crippen molar-refractivity contribution in [3.63, 3.8) is 0 Å². The summed E-state index contributed by atoms with van der Waals surface area (Å²) in [5, 5.41) is 12.3. The minimum atomic E-state index is -0.505. The van der Waals surface area contributed by atoms with Gasteiger partial charge in [0, 0.05) is 23.8 Å². The first kappa shape index (κ1) is 21.8. The van der Waals surface area contributed by atoms with Gasteiger partial charge in [-0.05, 0) is 71.6 Å². The number of carbonyl (C=O) groups is 2. The summed E-state index contributed by atoms with van der Waals surface area (Å²) in [5.74, 6) is 1.82. The number of nitrogens with zero attached hydrogens (tertiary/aromatic N) is 2. The molecule has 2 amide bonds. The Balaban J connectivity index is 1.18. The van der Waals surface area contributed by atoms with Gasteiger partial charge in [0.2, 0.25) is 0 Å². The van der Waals surface area contributed by atoms with E-state index in [0.29, 0.717) is 36.2 Å². The van der Waals surface area contributed by atoms with Gasteiger partial charge >= 0.3 is 6.09 Å². The quantitative estimate of drug-likeness (QED) is 0.544. The Morgan fingerprint density at radius 3 is 3.00 bits per heavy atom. The van der Waals surface area contributed by atoms with E-state index in [1.807, 2.05) is 12.3 Å². The van der Waals surface area contributed by atoms with Gasteiger partial charge in [0.1, 0.15) is 0 Å². The molecule has 1 saturated heterocycles. The highest BCUT2D eigenvalue weighted by atomic mass is 79.9. The molecule has 0 radical (unpaired) electrons. The van der Waals surface area contributed by atoms with Crippen LogP contribution in [0.2, 0.25) is 0 Å². The van der Waals surface area contributed by atoms with E-state index in [1.54, 1.807) is 0 Å². The number of hydrogen-bond donors (Lipinski definition) is 3. The highest BCUT2D eigenvalue weighted by molar-refractivity contribution is 9.10. The Labute approximate surface area is 188 Å². The summed E-state index contributed by atoms with van der Waals surface area (Å²) in [6.45, 7) is 1.51. The number of halogens is 1. The maximum Gasteiger partial charge on any atom is 0.407 e. The topological polar surface area (TPSA) is 118 Å². The number of aromatic nitrogens is 2. The molecule has 166 valence electrons. The van der Waals surface area contributed by atoms with Gasteiger partial charge in [0.15, 0.2) is 11.5 Å². The highest BCUT2D eigenvalue weighted by Crippen LogP contribution is 2.47. The molecule has 9 nitrogen and oxygen atoms in total. The summed E-state index contributed by atoms with van der Waals surface area (Å²) in [6.07, 6.45) is 4.46. The van der Waals surface area contributed by atoms with Crippen LogP contribution in [0.15, 0.2) is 33.4 Å². The van der Waals surface area contributed by atoms with E-state index in [1.165, 1.54) is 13.1 Å². The van der Waals surface area contributed by atoms with Crippen LogP contribution in [0.4, 0.5) is 4.79 Å². The van der Waals surface area contributed by atoms with Gasteiger partial charge in [-0.1, -0.05) is 5.16 Å². The Kier molecular flexibility index (Phi) is 6.86. The molecule has 3 heterocycles. The number of ether oxygens (including phenoxy) is 1. The zero-order valence-corrected chi connectivity index (χ0v) is 18.9. The van der Waals surface area contributed by atoms with Crippen LogP contribution in [0.1, 0.15) is 47.2 Å². The molecule has 2 aliphatic rings. The van der Waals surface area contributed by atoms with Gasteiger partial charge in [-0.3, -0.25) is 9.78 Å². The first-order chi connectivity index (χ1) is 15.0. The summed E-state index contributed by atoms with van der Waals surface area (Å²) < 4.78 is 11.3. The monoisotopic (exact) mass is 491 g/mol. The molecule has 4 atom stereocenters. The molecule has 0 bridgehead atoms. The number of rotatable bonds is 7. The smallest absolute Gasteiger partial charge is 0.407 e. The number of nitrogens with one attached hydrogen (secondary N) is 3. The third-order valence-electron chi connectivity index (χ3n) is 6.13. The fraction of sp³-hybridized carbons (Fsp3) is 0.524. The van der Waals surface area contributed by atoms with Crippen LogP contribution in [0.25, 0.3) is 0 Å². The summed E-state index contributed by atoms with van der Waals surface area (Å²) in [6, 6.07) is 5.90. The van der Waals surface area contributed by atoms with Gasteiger partial charge in [-0.25, -0.2) is 4.79 Å². The lowest BCUT2D eigenvalue weighted by atomic mass is 9.91. The van der Waals surface area contributed by atoms with Crippen LogP contribution < -0.4 is 16.0 Å². The molecular formula is C21H26BrN5O4. The minimum absolute atomic E-state index is 0.115. The van der Waals surface area contributed by atoms with E-state index in [0.717, 1.165) is 36.0 Å². The second-order valence-corrected chi connectivity index (χ2v) is 9.00. The number of carbonyl (C=O) groups excluding carboxylic acids is 2. The third-order valence-corrected chi connectivity index (χ3v) is 6.60. The lowest BCUT2D eigenvalue weighted by Crippen LogP contribution is -2.24.